The van der Waals surface area contributed by atoms with Crippen LogP contribution < -0.4 is 15.4 Å². The predicted molar refractivity (Wildman–Crippen MR) is 122 cm³/mol. The zero-order valence-electron chi connectivity index (χ0n) is 17.3. The van der Waals surface area contributed by atoms with E-state index in [2.05, 4.69) is 10.6 Å². The number of amides is 2. The zero-order valence-corrected chi connectivity index (χ0v) is 17.3. The number of benzene rings is 3. The molecule has 2 amide bonds. The lowest BCUT2D eigenvalue weighted by Gasteiger charge is -2.10. The minimum absolute atomic E-state index is 0.0726. The lowest BCUT2D eigenvalue weighted by atomic mass is 10.1. The third-order valence-electron chi connectivity index (χ3n) is 4.45. The van der Waals surface area contributed by atoms with Crippen molar-refractivity contribution in [3.8, 4) is 17.6 Å². The first kappa shape index (κ1) is 22.1. The van der Waals surface area contributed by atoms with Crippen molar-refractivity contribution >= 4 is 29.3 Å². The van der Waals surface area contributed by atoms with E-state index in [1.165, 1.54) is 30.3 Å². The van der Waals surface area contributed by atoms with Gasteiger partial charge in [0, 0.05) is 11.4 Å². The lowest BCUT2D eigenvalue weighted by Crippen LogP contribution is -2.20. The lowest BCUT2D eigenvalue weighted by molar-refractivity contribution is -0.118. The third-order valence-corrected chi connectivity index (χ3v) is 4.45. The van der Waals surface area contributed by atoms with Crippen LogP contribution in [0.15, 0.2) is 78.4 Å². The summed E-state index contributed by atoms with van der Waals surface area (Å²) in [5, 5.41) is 24.1. The molecule has 0 saturated carbocycles. The number of phenols is 1. The number of carbonyl (C=O) groups excluding carboxylic acids is 2. The molecular weight excluding hydrogens is 406 g/mol. The Morgan fingerprint density at radius 1 is 1.03 bits per heavy atom. The maximum Gasteiger partial charge on any atom is 0.266 e. The fourth-order valence-corrected chi connectivity index (χ4v) is 2.80. The van der Waals surface area contributed by atoms with Crippen molar-refractivity contribution in [2.45, 2.75) is 6.92 Å². The second kappa shape index (κ2) is 10.5. The van der Waals surface area contributed by atoms with Gasteiger partial charge in [-0.2, -0.15) is 5.26 Å². The molecular formula is C25H21N3O4. The fraction of sp³-hybridized carbons (Fsp3) is 0.0800. The van der Waals surface area contributed by atoms with Crippen molar-refractivity contribution in [2.75, 3.05) is 17.2 Å². The Bertz CT molecular complexity index is 1190. The van der Waals surface area contributed by atoms with Crippen LogP contribution in [-0.2, 0) is 9.59 Å². The highest BCUT2D eigenvalue weighted by atomic mass is 16.5. The molecule has 7 nitrogen and oxygen atoms in total. The van der Waals surface area contributed by atoms with E-state index < -0.39 is 5.91 Å². The number of rotatable bonds is 7. The van der Waals surface area contributed by atoms with Crippen LogP contribution >= 0.6 is 0 Å². The smallest absolute Gasteiger partial charge is 0.266 e. The molecule has 3 aromatic carbocycles. The summed E-state index contributed by atoms with van der Waals surface area (Å²) in [6.45, 7) is 1.71. The molecule has 0 aliphatic heterocycles. The van der Waals surface area contributed by atoms with E-state index in [1.54, 1.807) is 24.3 Å². The molecule has 32 heavy (non-hydrogen) atoms. The number of carbonyl (C=O) groups is 2. The van der Waals surface area contributed by atoms with Gasteiger partial charge in [0.05, 0.1) is 0 Å². The third kappa shape index (κ3) is 6.21. The number of nitrogens with zero attached hydrogens (tertiary/aromatic N) is 1. The van der Waals surface area contributed by atoms with Gasteiger partial charge < -0.3 is 20.5 Å². The van der Waals surface area contributed by atoms with E-state index in [1.807, 2.05) is 37.3 Å². The molecule has 0 radical (unpaired) electrons. The monoisotopic (exact) mass is 427 g/mol. The van der Waals surface area contributed by atoms with Crippen LogP contribution in [0.4, 0.5) is 11.4 Å². The summed E-state index contributed by atoms with van der Waals surface area (Å²) in [7, 11) is 0. The quantitative estimate of drug-likeness (QED) is 0.296. The number of phenolic OH excluding ortho intramolecular Hbond substituents is 1. The topological polar surface area (TPSA) is 111 Å². The highest BCUT2D eigenvalue weighted by Gasteiger charge is 2.10. The van der Waals surface area contributed by atoms with Crippen LogP contribution in [0.1, 0.15) is 11.1 Å². The first-order valence-corrected chi connectivity index (χ1v) is 9.75. The van der Waals surface area contributed by atoms with Crippen LogP contribution in [0.25, 0.3) is 6.08 Å². The first-order valence-electron chi connectivity index (χ1n) is 9.75. The second-order valence-corrected chi connectivity index (χ2v) is 6.90. The maximum atomic E-state index is 12.4. The molecule has 3 aromatic rings. The molecule has 0 aliphatic carbocycles. The average molecular weight is 427 g/mol. The van der Waals surface area contributed by atoms with Crippen LogP contribution in [0.5, 0.6) is 11.5 Å². The minimum atomic E-state index is -0.581. The van der Waals surface area contributed by atoms with Gasteiger partial charge >= 0.3 is 0 Å². The molecule has 0 fully saturated rings. The molecule has 3 rings (SSSR count). The number of ether oxygens (including phenoxy) is 1. The summed E-state index contributed by atoms with van der Waals surface area (Å²) in [5.41, 5.74) is 2.58. The molecule has 0 bridgehead atoms. The molecule has 0 heterocycles. The van der Waals surface area contributed by atoms with Crippen molar-refractivity contribution in [3.63, 3.8) is 0 Å². The summed E-state index contributed by atoms with van der Waals surface area (Å²) in [5.74, 6) is -0.383. The molecule has 0 unspecified atom stereocenters. The van der Waals surface area contributed by atoms with E-state index in [9.17, 15) is 20.0 Å². The molecule has 0 atom stereocenters. The number of nitriles is 1. The van der Waals surface area contributed by atoms with Crippen molar-refractivity contribution in [1.82, 2.24) is 0 Å². The van der Waals surface area contributed by atoms with Crippen molar-refractivity contribution in [2.24, 2.45) is 0 Å². The summed E-state index contributed by atoms with van der Waals surface area (Å²) >= 11 is 0. The fourth-order valence-electron chi connectivity index (χ4n) is 2.80. The molecule has 0 aliphatic rings. The number of aryl methyl sites for hydroxylation is 1. The van der Waals surface area contributed by atoms with Crippen LogP contribution in [0.3, 0.4) is 0 Å². The number of hydrogen-bond acceptors (Lipinski definition) is 5. The Hall–Kier alpha value is -4.57. The SMILES string of the molecule is Cc1ccccc1NC(=O)COc1cccc(/C=C(\C#N)C(=O)Nc2ccc(O)cc2)c1. The highest BCUT2D eigenvalue weighted by molar-refractivity contribution is 6.09. The van der Waals surface area contributed by atoms with Crippen molar-refractivity contribution in [1.29, 1.82) is 5.26 Å². The Morgan fingerprint density at radius 2 is 1.78 bits per heavy atom. The zero-order chi connectivity index (χ0) is 22.9. The summed E-state index contributed by atoms with van der Waals surface area (Å²) in [4.78, 5) is 24.6. The highest BCUT2D eigenvalue weighted by Crippen LogP contribution is 2.18. The molecule has 7 heteroatoms. The van der Waals surface area contributed by atoms with Crippen LogP contribution in [-0.4, -0.2) is 23.5 Å². The van der Waals surface area contributed by atoms with E-state index in [4.69, 9.17) is 4.74 Å². The summed E-state index contributed by atoms with van der Waals surface area (Å²) in [6.07, 6.45) is 1.43. The number of aromatic hydroxyl groups is 1. The van der Waals surface area contributed by atoms with Gasteiger partial charge in [-0.05, 0) is 66.6 Å². The molecule has 0 aromatic heterocycles. The number of anilines is 2. The standard InChI is InChI=1S/C25H21N3O4/c1-17-5-2-3-8-23(17)28-24(30)16-32-22-7-4-6-18(14-22)13-19(15-26)25(31)27-20-9-11-21(29)12-10-20/h2-14,29H,16H2,1H3,(H,27,31)(H,28,30)/b19-13+. The van der Waals surface area contributed by atoms with Gasteiger partial charge in [-0.15, -0.1) is 0 Å². The summed E-state index contributed by atoms with van der Waals surface area (Å²) < 4.78 is 5.55. The Morgan fingerprint density at radius 3 is 2.50 bits per heavy atom. The molecule has 160 valence electrons. The van der Waals surface area contributed by atoms with Crippen LogP contribution in [0, 0.1) is 18.3 Å². The number of nitrogens with one attached hydrogen (secondary N) is 2. The number of para-hydroxylation sites is 1. The van der Waals surface area contributed by atoms with Gasteiger partial charge in [-0.1, -0.05) is 30.3 Å². The van der Waals surface area contributed by atoms with E-state index in [-0.39, 0.29) is 23.8 Å². The van der Waals surface area contributed by atoms with E-state index in [0.717, 1.165) is 11.3 Å². The van der Waals surface area contributed by atoms with Gasteiger partial charge in [-0.3, -0.25) is 9.59 Å². The Labute approximate surface area is 185 Å². The Balaban J connectivity index is 1.63. The Kier molecular flexibility index (Phi) is 7.23. The van der Waals surface area contributed by atoms with Gasteiger partial charge in [0.15, 0.2) is 6.61 Å². The van der Waals surface area contributed by atoms with Crippen LogP contribution in [0.2, 0.25) is 0 Å². The average Bonchev–Trinajstić information content (AvgIpc) is 2.79. The largest absolute Gasteiger partial charge is 0.508 e. The molecule has 0 spiro atoms. The maximum absolute atomic E-state index is 12.4. The molecule has 0 saturated heterocycles. The van der Waals surface area contributed by atoms with E-state index in [0.29, 0.717) is 17.0 Å². The van der Waals surface area contributed by atoms with Gasteiger partial charge in [0.1, 0.15) is 23.1 Å². The van der Waals surface area contributed by atoms with Gasteiger partial charge in [0.2, 0.25) is 0 Å². The van der Waals surface area contributed by atoms with E-state index >= 15 is 0 Å². The second-order valence-electron chi connectivity index (χ2n) is 6.90. The predicted octanol–water partition coefficient (Wildman–Crippen LogP) is 4.26. The molecule has 3 N–H and O–H groups in total. The van der Waals surface area contributed by atoms with Crippen molar-refractivity contribution < 1.29 is 19.4 Å². The normalized spacial score (nSPS) is 10.7. The van der Waals surface area contributed by atoms with Crippen molar-refractivity contribution in [3.05, 3.63) is 89.5 Å². The summed E-state index contributed by atoms with van der Waals surface area (Å²) in [6, 6.07) is 22.0. The van der Waals surface area contributed by atoms with Gasteiger partial charge in [-0.25, -0.2) is 0 Å². The first-order chi connectivity index (χ1) is 15.4. The van der Waals surface area contributed by atoms with Gasteiger partial charge in [0.25, 0.3) is 11.8 Å². The minimum Gasteiger partial charge on any atom is -0.508 e. The number of hydrogen-bond donors (Lipinski definition) is 3.